The van der Waals surface area contributed by atoms with E-state index in [1.54, 1.807) is 18.2 Å². The van der Waals surface area contributed by atoms with Crippen LogP contribution in [0.3, 0.4) is 0 Å². The average molecular weight is 372 g/mol. The molecule has 1 aromatic carbocycles. The van der Waals surface area contributed by atoms with E-state index in [4.69, 9.17) is 4.74 Å². The minimum Gasteiger partial charge on any atom is -0.447 e. The molecule has 0 spiro atoms. The predicted octanol–water partition coefficient (Wildman–Crippen LogP) is 2.69. The number of aromatic nitrogens is 2. The first-order valence-corrected chi connectivity index (χ1v) is 9.49. The number of ether oxygens (including phenoxy) is 1. The fourth-order valence-electron chi connectivity index (χ4n) is 4.09. The molecule has 0 bridgehead atoms. The summed E-state index contributed by atoms with van der Waals surface area (Å²) >= 11 is 0. The lowest BCUT2D eigenvalue weighted by molar-refractivity contribution is 0.0630. The smallest absolute Gasteiger partial charge is 0.410 e. The van der Waals surface area contributed by atoms with Crippen molar-refractivity contribution < 1.29 is 19.0 Å². The second-order valence-electron chi connectivity index (χ2n) is 7.76. The topological polar surface area (TPSA) is 88.8 Å². The van der Waals surface area contributed by atoms with Crippen LogP contribution in [0.25, 0.3) is 11.0 Å². The molecule has 2 aliphatic rings. The summed E-state index contributed by atoms with van der Waals surface area (Å²) in [5, 5.41) is 7.56. The standard InChI is InChI=1S/C19H24N4O4/c1-12(2)9-15-11-26-19(25)23(15)14-5-7-22(8-6-14)18(24)13-3-4-16-17(10-13)21-27-20-16/h3-4,10,12,14-15H,5-9,11H2,1-2H3/t15-/m1/s1. The van der Waals surface area contributed by atoms with Gasteiger partial charge < -0.3 is 9.64 Å². The molecule has 4 rings (SSSR count). The van der Waals surface area contributed by atoms with Crippen molar-refractivity contribution in [1.29, 1.82) is 0 Å². The summed E-state index contributed by atoms with van der Waals surface area (Å²) in [6.07, 6.45) is 2.26. The van der Waals surface area contributed by atoms with Crippen molar-refractivity contribution in [2.45, 2.75) is 45.2 Å². The van der Waals surface area contributed by atoms with Crippen molar-refractivity contribution in [1.82, 2.24) is 20.1 Å². The van der Waals surface area contributed by atoms with Crippen molar-refractivity contribution in [3.05, 3.63) is 23.8 Å². The molecule has 2 aromatic rings. The first kappa shape index (κ1) is 17.8. The number of cyclic esters (lactones) is 1. The van der Waals surface area contributed by atoms with E-state index in [1.807, 2.05) is 9.80 Å². The van der Waals surface area contributed by atoms with E-state index in [9.17, 15) is 9.59 Å². The van der Waals surface area contributed by atoms with E-state index in [0.717, 1.165) is 19.3 Å². The second-order valence-corrected chi connectivity index (χ2v) is 7.76. The summed E-state index contributed by atoms with van der Waals surface area (Å²) in [5.74, 6) is 0.482. The number of piperidine rings is 1. The van der Waals surface area contributed by atoms with Gasteiger partial charge in [-0.25, -0.2) is 9.42 Å². The molecule has 8 heteroatoms. The van der Waals surface area contributed by atoms with Crippen LogP contribution >= 0.6 is 0 Å². The molecule has 1 atom stereocenters. The molecule has 2 aliphatic heterocycles. The maximum Gasteiger partial charge on any atom is 0.410 e. The molecule has 27 heavy (non-hydrogen) atoms. The summed E-state index contributed by atoms with van der Waals surface area (Å²) in [7, 11) is 0. The van der Waals surface area contributed by atoms with Crippen molar-refractivity contribution in [2.75, 3.05) is 19.7 Å². The molecule has 2 fully saturated rings. The van der Waals surface area contributed by atoms with Crippen LogP contribution in [0, 0.1) is 5.92 Å². The Morgan fingerprint density at radius 3 is 2.70 bits per heavy atom. The van der Waals surface area contributed by atoms with Gasteiger partial charge in [0.25, 0.3) is 5.91 Å². The Morgan fingerprint density at radius 2 is 1.96 bits per heavy atom. The molecule has 8 nitrogen and oxygen atoms in total. The van der Waals surface area contributed by atoms with Crippen molar-refractivity contribution >= 4 is 23.0 Å². The zero-order chi connectivity index (χ0) is 19.0. The summed E-state index contributed by atoms with van der Waals surface area (Å²) < 4.78 is 9.98. The van der Waals surface area contributed by atoms with Gasteiger partial charge in [-0.2, -0.15) is 0 Å². The average Bonchev–Trinajstić information content (AvgIpc) is 3.27. The van der Waals surface area contributed by atoms with Crippen molar-refractivity contribution in [2.24, 2.45) is 5.92 Å². The van der Waals surface area contributed by atoms with Gasteiger partial charge in [-0.05, 0) is 53.7 Å². The molecule has 0 radical (unpaired) electrons. The summed E-state index contributed by atoms with van der Waals surface area (Å²) in [6, 6.07) is 5.47. The molecule has 0 saturated carbocycles. The first-order chi connectivity index (χ1) is 13.0. The highest BCUT2D eigenvalue weighted by Crippen LogP contribution is 2.27. The maximum absolute atomic E-state index is 12.8. The van der Waals surface area contributed by atoms with Crippen LogP contribution in [0.1, 0.15) is 43.5 Å². The Hall–Kier alpha value is -2.64. The number of benzene rings is 1. The number of hydrogen-bond donors (Lipinski definition) is 0. The molecule has 1 aromatic heterocycles. The normalized spacial score (nSPS) is 21.3. The van der Waals surface area contributed by atoms with Crippen LogP contribution in [-0.2, 0) is 4.74 Å². The first-order valence-electron chi connectivity index (χ1n) is 9.49. The fraction of sp³-hybridized carbons (Fsp3) is 0.579. The van der Waals surface area contributed by atoms with Crippen LogP contribution in [-0.4, -0.2) is 63.9 Å². The van der Waals surface area contributed by atoms with Crippen LogP contribution in [0.4, 0.5) is 4.79 Å². The number of likely N-dealkylation sites (tertiary alicyclic amines) is 1. The Labute approximate surface area is 157 Å². The Balaban J connectivity index is 1.40. The van der Waals surface area contributed by atoms with Gasteiger partial charge in [0.15, 0.2) is 0 Å². The minimum absolute atomic E-state index is 0.0268. The Morgan fingerprint density at radius 1 is 1.22 bits per heavy atom. The van der Waals surface area contributed by atoms with Crippen molar-refractivity contribution in [3.63, 3.8) is 0 Å². The van der Waals surface area contributed by atoms with E-state index < -0.39 is 0 Å². The number of hydrogen-bond acceptors (Lipinski definition) is 6. The van der Waals surface area contributed by atoms with Gasteiger partial charge in [-0.3, -0.25) is 9.69 Å². The van der Waals surface area contributed by atoms with Gasteiger partial charge in [0.2, 0.25) is 0 Å². The zero-order valence-corrected chi connectivity index (χ0v) is 15.6. The molecule has 2 saturated heterocycles. The van der Waals surface area contributed by atoms with Gasteiger partial charge in [-0.1, -0.05) is 13.8 Å². The van der Waals surface area contributed by atoms with Gasteiger partial charge in [0.1, 0.15) is 17.6 Å². The van der Waals surface area contributed by atoms with Gasteiger partial charge >= 0.3 is 6.09 Å². The molecule has 3 heterocycles. The third-order valence-electron chi connectivity index (χ3n) is 5.39. The van der Waals surface area contributed by atoms with Crippen LogP contribution < -0.4 is 0 Å². The number of nitrogens with zero attached hydrogens (tertiary/aromatic N) is 4. The molecular weight excluding hydrogens is 348 g/mol. The lowest BCUT2D eigenvalue weighted by atomic mass is 9.97. The molecule has 0 N–H and O–H groups in total. The third kappa shape index (κ3) is 3.48. The fourth-order valence-corrected chi connectivity index (χ4v) is 4.09. The maximum atomic E-state index is 12.8. The zero-order valence-electron chi connectivity index (χ0n) is 15.6. The highest BCUT2D eigenvalue weighted by atomic mass is 16.6. The largest absolute Gasteiger partial charge is 0.447 e. The molecule has 0 aliphatic carbocycles. The van der Waals surface area contributed by atoms with Gasteiger partial charge in [0, 0.05) is 24.7 Å². The third-order valence-corrected chi connectivity index (χ3v) is 5.39. The predicted molar refractivity (Wildman–Crippen MR) is 97.2 cm³/mol. The SMILES string of the molecule is CC(C)C[C@@H]1COC(=O)N1C1CCN(C(=O)c2ccc3nonc3c2)CC1. The van der Waals surface area contributed by atoms with Gasteiger partial charge in [-0.15, -0.1) is 0 Å². The minimum atomic E-state index is -0.214. The summed E-state index contributed by atoms with van der Waals surface area (Å²) in [6.45, 7) is 6.03. The lowest BCUT2D eigenvalue weighted by Crippen LogP contribution is -2.50. The number of rotatable bonds is 4. The molecule has 144 valence electrons. The quantitative estimate of drug-likeness (QED) is 0.820. The van der Waals surface area contributed by atoms with Crippen LogP contribution in [0.15, 0.2) is 22.8 Å². The van der Waals surface area contributed by atoms with Crippen LogP contribution in [0.2, 0.25) is 0 Å². The number of carbonyl (C=O) groups is 2. The van der Waals surface area contributed by atoms with E-state index in [2.05, 4.69) is 28.8 Å². The lowest BCUT2D eigenvalue weighted by Gasteiger charge is -2.38. The van der Waals surface area contributed by atoms with Gasteiger partial charge in [0.05, 0.1) is 6.04 Å². The Bertz CT molecular complexity index is 841. The van der Waals surface area contributed by atoms with Crippen LogP contribution in [0.5, 0.6) is 0 Å². The van der Waals surface area contributed by atoms with E-state index in [-0.39, 0.29) is 24.1 Å². The van der Waals surface area contributed by atoms with Crippen molar-refractivity contribution in [3.8, 4) is 0 Å². The molecular formula is C19H24N4O4. The van der Waals surface area contributed by atoms with E-state index in [1.165, 1.54) is 0 Å². The highest BCUT2D eigenvalue weighted by Gasteiger charge is 2.40. The monoisotopic (exact) mass is 372 g/mol. The number of amides is 2. The molecule has 0 unspecified atom stereocenters. The van der Waals surface area contributed by atoms with E-state index >= 15 is 0 Å². The highest BCUT2D eigenvalue weighted by molar-refractivity contribution is 5.97. The van der Waals surface area contributed by atoms with E-state index in [0.29, 0.717) is 42.2 Å². The summed E-state index contributed by atoms with van der Waals surface area (Å²) in [5.41, 5.74) is 1.79. The summed E-state index contributed by atoms with van der Waals surface area (Å²) in [4.78, 5) is 28.8. The molecule has 2 amide bonds. The Kier molecular flexibility index (Phi) is 4.72. The number of fused-ring (bicyclic) bond motifs is 1. The number of carbonyl (C=O) groups excluding carboxylic acids is 2. The second kappa shape index (κ2) is 7.17.